The molecule has 2 aromatic heterocycles. The van der Waals surface area contributed by atoms with Crippen LogP contribution < -0.4 is 4.90 Å². The molecule has 3 aromatic rings. The lowest BCUT2D eigenvalue weighted by molar-refractivity contribution is -0.129. The Morgan fingerprint density at radius 2 is 1.70 bits per heavy atom. The van der Waals surface area contributed by atoms with E-state index in [4.69, 9.17) is 4.98 Å². The molecular weight excluding hydrogens is 336 g/mol. The molecule has 5 heteroatoms. The van der Waals surface area contributed by atoms with Gasteiger partial charge in [0.05, 0.1) is 16.9 Å². The van der Waals surface area contributed by atoms with Gasteiger partial charge in [-0.2, -0.15) is 0 Å². The molecule has 0 saturated carbocycles. The van der Waals surface area contributed by atoms with Gasteiger partial charge in [0.2, 0.25) is 5.91 Å². The molecule has 0 bridgehead atoms. The van der Waals surface area contributed by atoms with Gasteiger partial charge in [-0.25, -0.2) is 4.98 Å². The molecule has 0 atom stereocenters. The van der Waals surface area contributed by atoms with Crippen LogP contribution in [0.25, 0.3) is 22.3 Å². The summed E-state index contributed by atoms with van der Waals surface area (Å²) in [6.07, 6.45) is 0. The highest BCUT2D eigenvalue weighted by atomic mass is 16.2. The molecule has 4 rings (SSSR count). The Labute approximate surface area is 159 Å². The molecule has 1 aromatic carbocycles. The van der Waals surface area contributed by atoms with E-state index in [0.29, 0.717) is 0 Å². The average molecular weight is 360 g/mol. The van der Waals surface area contributed by atoms with Gasteiger partial charge in [0, 0.05) is 49.9 Å². The molecule has 1 amide bonds. The van der Waals surface area contributed by atoms with Crippen molar-refractivity contribution in [3.8, 4) is 11.4 Å². The van der Waals surface area contributed by atoms with Crippen LogP contribution in [0.5, 0.6) is 0 Å². The van der Waals surface area contributed by atoms with Crippen LogP contribution in [-0.4, -0.2) is 47.0 Å². The molecule has 0 unspecified atom stereocenters. The summed E-state index contributed by atoms with van der Waals surface area (Å²) in [5.74, 6) is 0.158. The van der Waals surface area contributed by atoms with Gasteiger partial charge in [-0.05, 0) is 55.8 Å². The number of hydrogen-bond donors (Lipinski definition) is 0. The maximum absolute atomic E-state index is 11.5. The number of benzene rings is 1. The lowest BCUT2D eigenvalue weighted by Gasteiger charge is -2.35. The summed E-state index contributed by atoms with van der Waals surface area (Å²) in [6, 6.07) is 14.6. The van der Waals surface area contributed by atoms with E-state index in [1.165, 1.54) is 11.3 Å². The molecule has 1 fully saturated rings. The Morgan fingerprint density at radius 3 is 2.41 bits per heavy atom. The van der Waals surface area contributed by atoms with Crippen molar-refractivity contribution in [2.45, 2.75) is 20.8 Å². The average Bonchev–Trinajstić information content (AvgIpc) is 2.68. The van der Waals surface area contributed by atoms with Crippen LogP contribution in [-0.2, 0) is 4.79 Å². The summed E-state index contributed by atoms with van der Waals surface area (Å²) in [6.45, 7) is 9.05. The van der Waals surface area contributed by atoms with E-state index >= 15 is 0 Å². The van der Waals surface area contributed by atoms with Crippen molar-refractivity contribution in [2.24, 2.45) is 0 Å². The molecule has 3 heterocycles. The van der Waals surface area contributed by atoms with Gasteiger partial charge in [0.15, 0.2) is 0 Å². The van der Waals surface area contributed by atoms with E-state index in [2.05, 4.69) is 41.1 Å². The summed E-state index contributed by atoms with van der Waals surface area (Å²) in [5, 5.41) is 1.16. The molecule has 27 heavy (non-hydrogen) atoms. The van der Waals surface area contributed by atoms with Crippen LogP contribution in [0.2, 0.25) is 0 Å². The number of anilines is 1. The number of rotatable bonds is 2. The van der Waals surface area contributed by atoms with Crippen LogP contribution in [0.1, 0.15) is 18.2 Å². The van der Waals surface area contributed by atoms with Gasteiger partial charge in [0.1, 0.15) is 0 Å². The minimum absolute atomic E-state index is 0.158. The zero-order valence-corrected chi connectivity index (χ0v) is 16.1. The number of aromatic nitrogens is 2. The second-order valence-corrected chi connectivity index (χ2v) is 7.18. The van der Waals surface area contributed by atoms with Crippen LogP contribution in [0.3, 0.4) is 0 Å². The zero-order valence-electron chi connectivity index (χ0n) is 16.1. The Bertz CT molecular complexity index is 1010. The number of carbonyl (C=O) groups excluding carboxylic acids is 1. The molecule has 0 spiro atoms. The molecule has 1 aliphatic rings. The topological polar surface area (TPSA) is 49.3 Å². The standard InChI is InChI=1S/C22H24N4O/c1-15-13-22(21-6-4-5-16(2)23-21)24-20-8-7-18(14-19(15)20)26-11-9-25(10-12-26)17(3)27/h4-8,13-14H,9-12H2,1-3H3. The first kappa shape index (κ1) is 17.5. The van der Waals surface area contributed by atoms with Crippen molar-refractivity contribution in [1.82, 2.24) is 14.9 Å². The largest absolute Gasteiger partial charge is 0.368 e. The van der Waals surface area contributed by atoms with Gasteiger partial charge in [0.25, 0.3) is 0 Å². The van der Waals surface area contributed by atoms with Crippen LogP contribution in [0, 0.1) is 13.8 Å². The summed E-state index contributed by atoms with van der Waals surface area (Å²) >= 11 is 0. The Balaban J connectivity index is 1.65. The van der Waals surface area contributed by atoms with Gasteiger partial charge in [-0.1, -0.05) is 6.07 Å². The first-order chi connectivity index (χ1) is 13.0. The van der Waals surface area contributed by atoms with E-state index in [1.807, 2.05) is 30.0 Å². The van der Waals surface area contributed by atoms with Crippen molar-refractivity contribution in [3.63, 3.8) is 0 Å². The van der Waals surface area contributed by atoms with E-state index < -0.39 is 0 Å². The molecule has 1 saturated heterocycles. The number of piperazine rings is 1. The molecule has 1 aliphatic heterocycles. The first-order valence-electron chi connectivity index (χ1n) is 9.37. The number of fused-ring (bicyclic) bond motifs is 1. The number of carbonyl (C=O) groups is 1. The summed E-state index contributed by atoms with van der Waals surface area (Å²) < 4.78 is 0. The predicted octanol–water partition coefficient (Wildman–Crippen LogP) is 3.58. The maximum Gasteiger partial charge on any atom is 0.219 e. The first-order valence-corrected chi connectivity index (χ1v) is 9.37. The number of aryl methyl sites for hydroxylation is 2. The summed E-state index contributed by atoms with van der Waals surface area (Å²) in [7, 11) is 0. The lowest BCUT2D eigenvalue weighted by atomic mass is 10.1. The monoisotopic (exact) mass is 360 g/mol. The second-order valence-electron chi connectivity index (χ2n) is 7.18. The third-order valence-corrected chi connectivity index (χ3v) is 5.24. The summed E-state index contributed by atoms with van der Waals surface area (Å²) in [4.78, 5) is 25.2. The second kappa shape index (κ2) is 6.99. The Kier molecular flexibility index (Phi) is 4.52. The molecular formula is C22H24N4O. The highest BCUT2D eigenvalue weighted by Crippen LogP contribution is 2.28. The van der Waals surface area contributed by atoms with Crippen molar-refractivity contribution in [3.05, 3.63) is 53.7 Å². The fourth-order valence-electron chi connectivity index (χ4n) is 3.68. The van der Waals surface area contributed by atoms with E-state index in [9.17, 15) is 4.79 Å². The van der Waals surface area contributed by atoms with Crippen molar-refractivity contribution < 1.29 is 4.79 Å². The number of hydrogen-bond acceptors (Lipinski definition) is 4. The van der Waals surface area contributed by atoms with Gasteiger partial charge >= 0.3 is 0 Å². The van der Waals surface area contributed by atoms with Crippen LogP contribution in [0.15, 0.2) is 42.5 Å². The molecule has 0 N–H and O–H groups in total. The lowest BCUT2D eigenvalue weighted by Crippen LogP contribution is -2.48. The fraction of sp³-hybridized carbons (Fsp3) is 0.318. The normalized spacial score (nSPS) is 14.6. The molecule has 5 nitrogen and oxygen atoms in total. The smallest absolute Gasteiger partial charge is 0.219 e. The number of nitrogens with zero attached hydrogens (tertiary/aromatic N) is 4. The predicted molar refractivity (Wildman–Crippen MR) is 109 cm³/mol. The maximum atomic E-state index is 11.5. The SMILES string of the molecule is CC(=O)N1CCN(c2ccc3nc(-c4cccc(C)n4)cc(C)c3c2)CC1. The van der Waals surface area contributed by atoms with Gasteiger partial charge in [-0.3, -0.25) is 9.78 Å². The highest BCUT2D eigenvalue weighted by molar-refractivity contribution is 5.87. The van der Waals surface area contributed by atoms with Crippen molar-refractivity contribution in [1.29, 1.82) is 0 Å². The van der Waals surface area contributed by atoms with E-state index in [-0.39, 0.29) is 5.91 Å². The highest BCUT2D eigenvalue weighted by Gasteiger charge is 2.19. The van der Waals surface area contributed by atoms with Crippen LogP contribution in [0.4, 0.5) is 5.69 Å². The minimum atomic E-state index is 0.158. The van der Waals surface area contributed by atoms with E-state index in [1.54, 1.807) is 6.92 Å². The third-order valence-electron chi connectivity index (χ3n) is 5.24. The van der Waals surface area contributed by atoms with Gasteiger partial charge in [-0.15, -0.1) is 0 Å². The van der Waals surface area contributed by atoms with Gasteiger partial charge < -0.3 is 9.80 Å². The number of amides is 1. The van der Waals surface area contributed by atoms with Crippen molar-refractivity contribution in [2.75, 3.05) is 31.1 Å². The van der Waals surface area contributed by atoms with Crippen LogP contribution >= 0.6 is 0 Å². The van der Waals surface area contributed by atoms with E-state index in [0.717, 1.165) is 54.2 Å². The Morgan fingerprint density at radius 1 is 0.926 bits per heavy atom. The fourth-order valence-corrected chi connectivity index (χ4v) is 3.68. The van der Waals surface area contributed by atoms with Crippen molar-refractivity contribution >= 4 is 22.5 Å². The Hall–Kier alpha value is -2.95. The minimum Gasteiger partial charge on any atom is -0.368 e. The molecule has 0 radical (unpaired) electrons. The quantitative estimate of drug-likeness (QED) is 0.701. The third kappa shape index (κ3) is 3.50. The summed E-state index contributed by atoms with van der Waals surface area (Å²) in [5.41, 5.74) is 6.18. The number of pyridine rings is 2. The molecule has 138 valence electrons. The molecule has 0 aliphatic carbocycles. The zero-order chi connectivity index (χ0) is 19.0.